The van der Waals surface area contributed by atoms with Crippen molar-refractivity contribution in [2.45, 2.75) is 38.3 Å². The summed E-state index contributed by atoms with van der Waals surface area (Å²) < 4.78 is 6.01. The lowest BCUT2D eigenvalue weighted by Crippen LogP contribution is -2.36. The number of hydrogen-bond acceptors (Lipinski definition) is 3. The van der Waals surface area contributed by atoms with Crippen molar-refractivity contribution in [3.05, 3.63) is 36.1 Å². The van der Waals surface area contributed by atoms with E-state index in [-0.39, 0.29) is 6.04 Å². The molecule has 0 bridgehead atoms. The largest absolute Gasteiger partial charge is 0.459 e. The standard InChI is InChI=1S/C17H24N2O/c1-3-14-8-6-10-19(14)12-15(18-2)17-11-13-7-4-5-9-16(13)20-17/h4-5,7,9,11,14-15,18H,3,6,8,10,12H2,1-2H3. The predicted molar refractivity (Wildman–Crippen MR) is 82.9 cm³/mol. The number of hydrogen-bond donors (Lipinski definition) is 1. The zero-order chi connectivity index (χ0) is 13.9. The maximum absolute atomic E-state index is 6.01. The van der Waals surface area contributed by atoms with E-state index in [1.54, 1.807) is 0 Å². The van der Waals surface area contributed by atoms with Crippen molar-refractivity contribution in [3.8, 4) is 0 Å². The molecule has 0 saturated carbocycles. The first-order chi connectivity index (χ1) is 9.81. The van der Waals surface area contributed by atoms with Crippen molar-refractivity contribution in [1.82, 2.24) is 10.2 Å². The molecule has 2 aromatic rings. The first-order valence-corrected chi connectivity index (χ1v) is 7.71. The van der Waals surface area contributed by atoms with Crippen LogP contribution in [0.2, 0.25) is 0 Å². The maximum atomic E-state index is 6.01. The molecular weight excluding hydrogens is 248 g/mol. The predicted octanol–water partition coefficient (Wildman–Crippen LogP) is 3.57. The van der Waals surface area contributed by atoms with Crippen LogP contribution in [-0.4, -0.2) is 31.1 Å². The average Bonchev–Trinajstić information content (AvgIpc) is 3.10. The summed E-state index contributed by atoms with van der Waals surface area (Å²) in [5, 5.41) is 4.61. The number of likely N-dealkylation sites (N-methyl/N-ethyl adjacent to an activating group) is 1. The van der Waals surface area contributed by atoms with Gasteiger partial charge in [0.2, 0.25) is 0 Å². The minimum atomic E-state index is 0.273. The number of benzene rings is 1. The molecule has 3 heteroatoms. The number of nitrogens with zero attached hydrogens (tertiary/aromatic N) is 1. The van der Waals surface area contributed by atoms with Crippen LogP contribution in [0.15, 0.2) is 34.7 Å². The Labute approximate surface area is 120 Å². The van der Waals surface area contributed by atoms with E-state index in [0.717, 1.165) is 23.9 Å². The van der Waals surface area contributed by atoms with E-state index in [1.807, 2.05) is 19.2 Å². The van der Waals surface area contributed by atoms with Gasteiger partial charge in [0.05, 0.1) is 6.04 Å². The van der Waals surface area contributed by atoms with Gasteiger partial charge in [-0.15, -0.1) is 0 Å². The van der Waals surface area contributed by atoms with Crippen LogP contribution in [0.3, 0.4) is 0 Å². The molecule has 2 atom stereocenters. The molecular formula is C17H24N2O. The Kier molecular flexibility index (Phi) is 4.08. The van der Waals surface area contributed by atoms with Gasteiger partial charge in [0.15, 0.2) is 0 Å². The molecule has 2 heterocycles. The second kappa shape index (κ2) is 5.98. The second-order valence-electron chi connectivity index (χ2n) is 5.73. The SMILES string of the molecule is CCC1CCCN1CC(NC)c1cc2ccccc2o1. The highest BCUT2D eigenvalue weighted by atomic mass is 16.3. The number of fused-ring (bicyclic) bond motifs is 1. The van der Waals surface area contributed by atoms with E-state index in [1.165, 1.54) is 31.2 Å². The average molecular weight is 272 g/mol. The molecule has 0 amide bonds. The van der Waals surface area contributed by atoms with Crippen molar-refractivity contribution in [3.63, 3.8) is 0 Å². The Bertz CT molecular complexity index is 530. The van der Waals surface area contributed by atoms with Crippen LogP contribution in [0, 0.1) is 0 Å². The summed E-state index contributed by atoms with van der Waals surface area (Å²) in [7, 11) is 2.02. The summed E-state index contributed by atoms with van der Waals surface area (Å²) in [6, 6.07) is 11.4. The topological polar surface area (TPSA) is 28.4 Å². The van der Waals surface area contributed by atoms with Crippen LogP contribution < -0.4 is 5.32 Å². The molecule has 0 radical (unpaired) electrons. The number of rotatable bonds is 5. The first-order valence-electron chi connectivity index (χ1n) is 7.71. The van der Waals surface area contributed by atoms with Gasteiger partial charge >= 0.3 is 0 Å². The molecule has 1 aliphatic heterocycles. The molecule has 108 valence electrons. The summed E-state index contributed by atoms with van der Waals surface area (Å²) in [4.78, 5) is 2.61. The van der Waals surface area contributed by atoms with E-state index in [0.29, 0.717) is 0 Å². The maximum Gasteiger partial charge on any atom is 0.134 e. The van der Waals surface area contributed by atoms with E-state index < -0.39 is 0 Å². The zero-order valence-corrected chi connectivity index (χ0v) is 12.4. The van der Waals surface area contributed by atoms with E-state index in [4.69, 9.17) is 4.42 Å². The number of para-hydroxylation sites is 1. The van der Waals surface area contributed by atoms with Gasteiger partial charge in [-0.2, -0.15) is 0 Å². The van der Waals surface area contributed by atoms with Crippen molar-refractivity contribution >= 4 is 11.0 Å². The van der Waals surface area contributed by atoms with Gasteiger partial charge in [0, 0.05) is 18.0 Å². The Morgan fingerprint density at radius 1 is 1.40 bits per heavy atom. The second-order valence-corrected chi connectivity index (χ2v) is 5.73. The minimum Gasteiger partial charge on any atom is -0.459 e. The quantitative estimate of drug-likeness (QED) is 0.902. The smallest absolute Gasteiger partial charge is 0.134 e. The van der Waals surface area contributed by atoms with Gasteiger partial charge in [0.25, 0.3) is 0 Å². The molecule has 1 saturated heterocycles. The van der Waals surface area contributed by atoms with Crippen LogP contribution >= 0.6 is 0 Å². The van der Waals surface area contributed by atoms with Gasteiger partial charge in [0.1, 0.15) is 11.3 Å². The normalized spacial score (nSPS) is 21.6. The van der Waals surface area contributed by atoms with Crippen molar-refractivity contribution < 1.29 is 4.42 Å². The van der Waals surface area contributed by atoms with Gasteiger partial charge in [-0.05, 0) is 45.0 Å². The molecule has 2 unspecified atom stereocenters. The molecule has 1 aromatic heterocycles. The summed E-state index contributed by atoms with van der Waals surface area (Å²) in [6.07, 6.45) is 3.92. The summed E-state index contributed by atoms with van der Waals surface area (Å²) in [5.74, 6) is 1.05. The Morgan fingerprint density at radius 3 is 3.00 bits per heavy atom. The lowest BCUT2D eigenvalue weighted by atomic mass is 10.1. The molecule has 3 rings (SSSR count). The van der Waals surface area contributed by atoms with E-state index in [2.05, 4.69) is 35.3 Å². The number of furan rings is 1. The van der Waals surface area contributed by atoms with Crippen LogP contribution in [0.5, 0.6) is 0 Å². The lowest BCUT2D eigenvalue weighted by molar-refractivity contribution is 0.215. The Morgan fingerprint density at radius 2 is 2.25 bits per heavy atom. The minimum absolute atomic E-state index is 0.273. The van der Waals surface area contributed by atoms with Crippen LogP contribution in [0.1, 0.15) is 38.0 Å². The van der Waals surface area contributed by atoms with Gasteiger partial charge in [-0.25, -0.2) is 0 Å². The molecule has 20 heavy (non-hydrogen) atoms. The Balaban J connectivity index is 1.78. The lowest BCUT2D eigenvalue weighted by Gasteiger charge is -2.27. The van der Waals surface area contributed by atoms with E-state index in [9.17, 15) is 0 Å². The van der Waals surface area contributed by atoms with Gasteiger partial charge < -0.3 is 9.73 Å². The van der Waals surface area contributed by atoms with Crippen LogP contribution in [-0.2, 0) is 0 Å². The summed E-state index contributed by atoms with van der Waals surface area (Å²) >= 11 is 0. The highest BCUT2D eigenvalue weighted by Crippen LogP contribution is 2.27. The van der Waals surface area contributed by atoms with Crippen molar-refractivity contribution in [2.24, 2.45) is 0 Å². The first kappa shape index (κ1) is 13.7. The highest BCUT2D eigenvalue weighted by molar-refractivity contribution is 5.77. The van der Waals surface area contributed by atoms with Gasteiger partial charge in [-0.1, -0.05) is 25.1 Å². The van der Waals surface area contributed by atoms with Crippen LogP contribution in [0.4, 0.5) is 0 Å². The summed E-state index contributed by atoms with van der Waals surface area (Å²) in [5.41, 5.74) is 0.983. The zero-order valence-electron chi connectivity index (χ0n) is 12.4. The third-order valence-corrected chi connectivity index (χ3v) is 4.52. The fourth-order valence-electron chi connectivity index (χ4n) is 3.33. The monoisotopic (exact) mass is 272 g/mol. The highest BCUT2D eigenvalue weighted by Gasteiger charge is 2.26. The van der Waals surface area contributed by atoms with Crippen molar-refractivity contribution in [2.75, 3.05) is 20.1 Å². The fraction of sp³-hybridized carbons (Fsp3) is 0.529. The molecule has 1 aliphatic rings. The van der Waals surface area contributed by atoms with Gasteiger partial charge in [-0.3, -0.25) is 4.90 Å². The molecule has 1 aromatic carbocycles. The molecule has 1 N–H and O–H groups in total. The molecule has 3 nitrogen and oxygen atoms in total. The number of nitrogens with one attached hydrogen (secondary N) is 1. The third-order valence-electron chi connectivity index (χ3n) is 4.52. The number of likely N-dealkylation sites (tertiary alicyclic amines) is 1. The molecule has 1 fully saturated rings. The fourth-order valence-corrected chi connectivity index (χ4v) is 3.33. The van der Waals surface area contributed by atoms with Crippen molar-refractivity contribution in [1.29, 1.82) is 0 Å². The Hall–Kier alpha value is -1.32. The molecule has 0 spiro atoms. The van der Waals surface area contributed by atoms with Crippen LogP contribution in [0.25, 0.3) is 11.0 Å². The van der Waals surface area contributed by atoms with E-state index >= 15 is 0 Å². The summed E-state index contributed by atoms with van der Waals surface area (Å²) in [6.45, 7) is 4.55. The third kappa shape index (κ3) is 2.60. The molecule has 0 aliphatic carbocycles.